The predicted molar refractivity (Wildman–Crippen MR) is 159 cm³/mol. The fourth-order valence-corrected chi connectivity index (χ4v) is 5.55. The van der Waals surface area contributed by atoms with Gasteiger partial charge in [0.1, 0.15) is 36.5 Å². The van der Waals surface area contributed by atoms with Gasteiger partial charge in [-0.1, -0.05) is 13.8 Å². The zero-order chi connectivity index (χ0) is 34.6. The van der Waals surface area contributed by atoms with Crippen LogP contribution in [0.2, 0.25) is 0 Å². The summed E-state index contributed by atoms with van der Waals surface area (Å²) < 4.78 is 28.9. The maximum atomic E-state index is 13.1. The molecule has 4 aliphatic heterocycles. The van der Waals surface area contributed by atoms with E-state index in [2.05, 4.69) is 16.0 Å². The number of aliphatic hydroxyl groups excluding tert-OH is 2. The van der Waals surface area contributed by atoms with Crippen molar-refractivity contribution in [3.63, 3.8) is 0 Å². The van der Waals surface area contributed by atoms with Crippen LogP contribution in [0.1, 0.15) is 40.0 Å². The average Bonchev–Trinajstić information content (AvgIpc) is 3.28. The Morgan fingerprint density at radius 1 is 1.17 bits per heavy atom. The number of ether oxygens (including phenoxy) is 5. The van der Waals surface area contributed by atoms with Crippen molar-refractivity contribution in [1.29, 1.82) is 0 Å². The van der Waals surface area contributed by atoms with Crippen LogP contribution >= 0.6 is 0 Å². The van der Waals surface area contributed by atoms with Crippen LogP contribution in [0.5, 0.6) is 0 Å². The average molecular weight is 669 g/mol. The third-order valence-corrected chi connectivity index (χ3v) is 8.34. The third-order valence-electron chi connectivity index (χ3n) is 8.34. The summed E-state index contributed by atoms with van der Waals surface area (Å²) in [5.41, 5.74) is 11.7. The highest BCUT2D eigenvalue weighted by Crippen LogP contribution is 2.34. The molecule has 11 atom stereocenters. The first-order valence-electron chi connectivity index (χ1n) is 15.4. The molecule has 0 saturated carbocycles. The number of primary amides is 1. The van der Waals surface area contributed by atoms with Crippen molar-refractivity contribution in [2.45, 2.75) is 107 Å². The number of nitrogens with one attached hydrogen (secondary N) is 3. The Balaban J connectivity index is 1.55. The number of amides is 4. The minimum atomic E-state index is -1.83. The fourth-order valence-electron chi connectivity index (χ4n) is 5.55. The maximum Gasteiger partial charge on any atom is 0.323 e. The first-order chi connectivity index (χ1) is 22.2. The number of rotatable bonds is 11. The molecule has 0 bridgehead atoms. The van der Waals surface area contributed by atoms with Crippen molar-refractivity contribution in [1.82, 2.24) is 20.9 Å². The highest BCUT2D eigenvalue weighted by molar-refractivity contribution is 5.95. The molecule has 18 nitrogen and oxygen atoms in total. The van der Waals surface area contributed by atoms with Crippen molar-refractivity contribution in [2.75, 3.05) is 13.8 Å². The molecule has 4 heterocycles. The molecule has 0 aromatic carbocycles. The lowest BCUT2D eigenvalue weighted by Gasteiger charge is -2.35. The van der Waals surface area contributed by atoms with E-state index in [0.717, 1.165) is 12.5 Å². The molecule has 0 aromatic heterocycles. The topological polar surface area (TPSA) is 263 Å². The van der Waals surface area contributed by atoms with E-state index in [1.165, 1.54) is 24.3 Å². The minimum Gasteiger partial charge on any atom is -0.456 e. The first kappa shape index (κ1) is 36.0. The largest absolute Gasteiger partial charge is 0.456 e. The molecular formula is C29H44N6O12. The van der Waals surface area contributed by atoms with Crippen LogP contribution in [-0.4, -0.2) is 126 Å². The quantitative estimate of drug-likeness (QED) is 0.106. The lowest BCUT2D eigenvalue weighted by atomic mass is 10.0. The molecule has 0 aliphatic carbocycles. The van der Waals surface area contributed by atoms with Crippen molar-refractivity contribution >= 4 is 29.6 Å². The van der Waals surface area contributed by atoms with Gasteiger partial charge in [0.2, 0.25) is 24.0 Å². The second kappa shape index (κ2) is 15.4. The van der Waals surface area contributed by atoms with E-state index in [4.69, 9.17) is 35.2 Å². The summed E-state index contributed by atoms with van der Waals surface area (Å²) in [5, 5.41) is 29.2. The molecule has 0 aromatic rings. The van der Waals surface area contributed by atoms with Gasteiger partial charge in [-0.05, 0) is 38.2 Å². The van der Waals surface area contributed by atoms with Crippen LogP contribution < -0.4 is 27.4 Å². The summed E-state index contributed by atoms with van der Waals surface area (Å²) in [7, 11) is 1.27. The van der Waals surface area contributed by atoms with Gasteiger partial charge in [0.25, 0.3) is 5.91 Å². The van der Waals surface area contributed by atoms with E-state index in [1.807, 2.05) is 6.92 Å². The van der Waals surface area contributed by atoms with E-state index in [1.54, 1.807) is 13.8 Å². The van der Waals surface area contributed by atoms with Crippen LogP contribution in [0, 0.1) is 5.92 Å². The lowest BCUT2D eigenvalue weighted by molar-refractivity contribution is -0.241. The Morgan fingerprint density at radius 3 is 2.51 bits per heavy atom. The van der Waals surface area contributed by atoms with Crippen molar-refractivity contribution < 1.29 is 57.9 Å². The standard InChI is InChI=1S/C29H44N6O12/c1-12(2)18(30)28(42)46-23-20(43-4)21(45-27(23)35-9-8-17(37)32-11-35)22(24(31)39)47-29-19(38)15(36)10-16(44-29)26(41)34-14-7-5-6-13(3)33-25(14)40/h8-10,12-15,18-23,27,29,36,38H,5-7,11,30H2,1-4H3,(H2,31,39)(H,32,37)(H,33,40)(H,34,41)/t13-,14+,15+,18-,19+,20-,21+,22-,23-,27-,29?/m1/s1. The molecule has 4 amide bonds. The van der Waals surface area contributed by atoms with Gasteiger partial charge in [0, 0.05) is 25.4 Å². The van der Waals surface area contributed by atoms with Gasteiger partial charge < -0.3 is 66.2 Å². The number of esters is 1. The predicted octanol–water partition coefficient (Wildman–Crippen LogP) is -3.47. The highest BCUT2D eigenvalue weighted by atomic mass is 16.7. The Morgan fingerprint density at radius 2 is 1.89 bits per heavy atom. The van der Waals surface area contributed by atoms with Crippen molar-refractivity contribution in [3.8, 4) is 0 Å². The number of carbonyl (C=O) groups excluding carboxylic acids is 5. The number of carbonyl (C=O) groups is 5. The molecule has 2 fully saturated rings. The number of hydrogen-bond acceptors (Lipinski definition) is 14. The Labute approximate surface area is 271 Å². The second-order valence-electron chi connectivity index (χ2n) is 12.2. The summed E-state index contributed by atoms with van der Waals surface area (Å²) >= 11 is 0. The highest BCUT2D eigenvalue weighted by Gasteiger charge is 2.55. The molecule has 4 rings (SSSR count). The smallest absolute Gasteiger partial charge is 0.323 e. The molecule has 47 heavy (non-hydrogen) atoms. The van der Waals surface area contributed by atoms with Crippen LogP contribution in [0.15, 0.2) is 24.1 Å². The Hall–Kier alpha value is -3.81. The number of methoxy groups -OCH3 is 1. The first-order valence-corrected chi connectivity index (χ1v) is 15.4. The summed E-state index contributed by atoms with van der Waals surface area (Å²) in [6.07, 6.45) is -6.76. The zero-order valence-corrected chi connectivity index (χ0v) is 26.6. The number of nitrogens with zero attached hydrogens (tertiary/aromatic N) is 1. The van der Waals surface area contributed by atoms with Crippen LogP contribution in [0.4, 0.5) is 0 Å². The molecule has 0 radical (unpaired) electrons. The Kier molecular flexibility index (Phi) is 11.8. The molecule has 2 saturated heterocycles. The SMILES string of the molecule is CO[C@H]1[C@@H](OC(=O)[C@H](N)C(C)C)[C@H](N2C=CC(=O)NC2)O[C@@H]1[C@@H](OC1OC(C(=O)N[C@H]2CCC[C@@H](C)NC2=O)=C[C@H](O)[C@@H]1O)C(N)=O. The maximum absolute atomic E-state index is 13.1. The second-order valence-corrected chi connectivity index (χ2v) is 12.2. The summed E-state index contributed by atoms with van der Waals surface area (Å²) in [6, 6.07) is -1.95. The van der Waals surface area contributed by atoms with E-state index < -0.39 is 84.8 Å². The van der Waals surface area contributed by atoms with E-state index >= 15 is 0 Å². The van der Waals surface area contributed by atoms with Gasteiger partial charge in [-0.2, -0.15) is 0 Å². The van der Waals surface area contributed by atoms with E-state index in [-0.39, 0.29) is 30.4 Å². The molecule has 262 valence electrons. The summed E-state index contributed by atoms with van der Waals surface area (Å²) in [4.78, 5) is 64.7. The number of hydrogen-bond donors (Lipinski definition) is 7. The number of aliphatic hydroxyl groups is 2. The van der Waals surface area contributed by atoms with Gasteiger partial charge in [0.15, 0.2) is 24.2 Å². The van der Waals surface area contributed by atoms with Gasteiger partial charge in [-0.15, -0.1) is 0 Å². The van der Waals surface area contributed by atoms with Crippen molar-refractivity contribution in [2.24, 2.45) is 17.4 Å². The van der Waals surface area contributed by atoms with E-state index in [9.17, 15) is 34.2 Å². The molecule has 9 N–H and O–H groups in total. The lowest BCUT2D eigenvalue weighted by Crippen LogP contribution is -2.55. The fraction of sp³-hybridized carbons (Fsp3) is 0.690. The zero-order valence-electron chi connectivity index (χ0n) is 26.6. The molecule has 18 heteroatoms. The molecular weight excluding hydrogens is 624 g/mol. The van der Waals surface area contributed by atoms with Crippen LogP contribution in [0.3, 0.4) is 0 Å². The van der Waals surface area contributed by atoms with Gasteiger partial charge in [-0.3, -0.25) is 24.0 Å². The molecule has 0 spiro atoms. The van der Waals surface area contributed by atoms with Gasteiger partial charge >= 0.3 is 5.97 Å². The Bertz CT molecular complexity index is 1260. The van der Waals surface area contributed by atoms with E-state index in [0.29, 0.717) is 12.8 Å². The minimum absolute atomic E-state index is 0.0621. The van der Waals surface area contributed by atoms with Crippen LogP contribution in [0.25, 0.3) is 0 Å². The van der Waals surface area contributed by atoms with Crippen molar-refractivity contribution in [3.05, 3.63) is 24.1 Å². The van der Waals surface area contributed by atoms with Gasteiger partial charge in [-0.25, -0.2) is 0 Å². The third kappa shape index (κ3) is 8.38. The normalized spacial score (nSPS) is 33.9. The molecule has 4 aliphatic rings. The van der Waals surface area contributed by atoms with Gasteiger partial charge in [0.05, 0.1) is 6.67 Å². The summed E-state index contributed by atoms with van der Waals surface area (Å²) in [5.74, 6) is -4.28. The molecule has 1 unspecified atom stereocenters. The summed E-state index contributed by atoms with van der Waals surface area (Å²) in [6.45, 7) is 5.24. The monoisotopic (exact) mass is 668 g/mol. The van der Waals surface area contributed by atoms with Crippen LogP contribution in [-0.2, 0) is 47.7 Å². The number of nitrogens with two attached hydrogens (primary N) is 2.